The largest absolute Gasteiger partial charge is 0.343 e. The Labute approximate surface area is 134 Å². The van der Waals surface area contributed by atoms with Crippen molar-refractivity contribution in [1.29, 1.82) is 0 Å². The van der Waals surface area contributed by atoms with E-state index < -0.39 is 0 Å². The average Bonchev–Trinajstić information content (AvgIpc) is 3.10. The minimum absolute atomic E-state index is 0.487. The Morgan fingerprint density at radius 1 is 1.38 bits per heavy atom. The van der Waals surface area contributed by atoms with Crippen molar-refractivity contribution in [2.45, 2.75) is 23.5 Å². The first-order valence-corrected chi connectivity index (χ1v) is 8.40. The third-order valence-corrected chi connectivity index (χ3v) is 5.14. The summed E-state index contributed by atoms with van der Waals surface area (Å²) in [6.45, 7) is 3.19. The fourth-order valence-electron chi connectivity index (χ4n) is 2.68. The van der Waals surface area contributed by atoms with Crippen LogP contribution >= 0.6 is 24.0 Å². The van der Waals surface area contributed by atoms with Crippen LogP contribution in [0.2, 0.25) is 0 Å². The van der Waals surface area contributed by atoms with E-state index in [0.29, 0.717) is 5.92 Å². The highest BCUT2D eigenvalue weighted by Crippen LogP contribution is 2.35. The van der Waals surface area contributed by atoms with Crippen LogP contribution in [0.25, 0.3) is 21.5 Å². The molecule has 0 aliphatic heterocycles. The van der Waals surface area contributed by atoms with Gasteiger partial charge in [-0.1, -0.05) is 6.92 Å². The van der Waals surface area contributed by atoms with Crippen LogP contribution in [0.1, 0.15) is 25.0 Å². The van der Waals surface area contributed by atoms with E-state index in [-0.39, 0.29) is 0 Å². The van der Waals surface area contributed by atoms with Crippen LogP contribution in [0.5, 0.6) is 0 Å². The van der Waals surface area contributed by atoms with Gasteiger partial charge in [0.25, 0.3) is 0 Å². The Morgan fingerprint density at radius 3 is 2.90 bits per heavy atom. The Kier molecular flexibility index (Phi) is 4.33. The molecule has 0 saturated carbocycles. The molecule has 2 N–H and O–H groups in total. The van der Waals surface area contributed by atoms with Gasteiger partial charge in [-0.3, -0.25) is 0 Å². The number of hydrogen-bond acceptors (Lipinski definition) is 4. The van der Waals surface area contributed by atoms with Crippen LogP contribution in [-0.4, -0.2) is 23.6 Å². The lowest BCUT2D eigenvalue weighted by atomic mass is 10.0. The maximum atomic E-state index is 4.48. The Hall–Kier alpha value is -1.30. The van der Waals surface area contributed by atoms with E-state index in [9.17, 15) is 0 Å². The second-order valence-corrected chi connectivity index (χ2v) is 7.01. The van der Waals surface area contributed by atoms with E-state index in [1.54, 1.807) is 11.3 Å². The SMILES string of the molecule is CCC(CNC)c1cc2c(-c3ccc(S)s3)ccnc2[nH]1. The fourth-order valence-corrected chi connectivity index (χ4v) is 3.83. The second kappa shape index (κ2) is 6.22. The predicted octanol–water partition coefficient (Wildman–Crippen LogP) is 4.29. The van der Waals surface area contributed by atoms with Gasteiger partial charge in [-0.2, -0.15) is 0 Å². The molecule has 21 heavy (non-hydrogen) atoms. The third-order valence-electron chi connectivity index (χ3n) is 3.79. The number of likely N-dealkylation sites (N-methyl/N-ethyl adjacent to an activating group) is 1. The molecule has 1 unspecified atom stereocenters. The van der Waals surface area contributed by atoms with Crippen LogP contribution in [0, 0.1) is 0 Å². The summed E-state index contributed by atoms with van der Waals surface area (Å²) in [5.41, 5.74) is 3.45. The topological polar surface area (TPSA) is 40.7 Å². The maximum absolute atomic E-state index is 4.48. The van der Waals surface area contributed by atoms with Crippen molar-refractivity contribution in [2.24, 2.45) is 0 Å². The van der Waals surface area contributed by atoms with Crippen LogP contribution in [-0.2, 0) is 0 Å². The molecule has 5 heteroatoms. The minimum Gasteiger partial charge on any atom is -0.343 e. The zero-order valence-electron chi connectivity index (χ0n) is 12.2. The molecule has 0 aliphatic rings. The number of nitrogens with one attached hydrogen (secondary N) is 2. The van der Waals surface area contributed by atoms with Gasteiger partial charge in [0.15, 0.2) is 0 Å². The van der Waals surface area contributed by atoms with E-state index in [2.05, 4.69) is 53.0 Å². The highest BCUT2D eigenvalue weighted by atomic mass is 32.2. The molecule has 0 saturated heterocycles. The number of hydrogen-bond donors (Lipinski definition) is 3. The lowest BCUT2D eigenvalue weighted by Crippen LogP contribution is -2.16. The summed E-state index contributed by atoms with van der Waals surface area (Å²) in [5.74, 6) is 0.487. The first-order valence-electron chi connectivity index (χ1n) is 7.14. The van der Waals surface area contributed by atoms with Crippen molar-refractivity contribution in [1.82, 2.24) is 15.3 Å². The van der Waals surface area contributed by atoms with E-state index in [4.69, 9.17) is 0 Å². The van der Waals surface area contributed by atoms with Gasteiger partial charge >= 0.3 is 0 Å². The first-order chi connectivity index (χ1) is 10.2. The van der Waals surface area contributed by atoms with Crippen molar-refractivity contribution in [3.63, 3.8) is 0 Å². The number of thiophene rings is 1. The summed E-state index contributed by atoms with van der Waals surface area (Å²) in [5, 5.41) is 4.45. The summed E-state index contributed by atoms with van der Waals surface area (Å²) in [6, 6.07) is 8.50. The lowest BCUT2D eigenvalue weighted by molar-refractivity contribution is 0.601. The molecular weight excluding hydrogens is 298 g/mol. The summed E-state index contributed by atoms with van der Waals surface area (Å²) in [6.07, 6.45) is 2.97. The number of pyridine rings is 1. The van der Waals surface area contributed by atoms with Gasteiger partial charge in [-0.15, -0.1) is 24.0 Å². The molecular formula is C16H19N3S2. The van der Waals surface area contributed by atoms with Crippen LogP contribution in [0.15, 0.2) is 34.7 Å². The molecule has 0 fully saturated rings. The number of thiol groups is 1. The van der Waals surface area contributed by atoms with Crippen molar-refractivity contribution < 1.29 is 0 Å². The molecule has 1 atom stereocenters. The molecule has 3 rings (SSSR count). The quantitative estimate of drug-likeness (QED) is 0.614. The van der Waals surface area contributed by atoms with Gasteiger partial charge in [-0.05, 0) is 37.7 Å². The molecule has 3 nitrogen and oxygen atoms in total. The lowest BCUT2D eigenvalue weighted by Gasteiger charge is -2.11. The first kappa shape index (κ1) is 14.6. The number of H-pyrrole nitrogens is 1. The zero-order chi connectivity index (χ0) is 14.8. The normalized spacial score (nSPS) is 12.9. The molecule has 110 valence electrons. The van der Waals surface area contributed by atoms with E-state index in [0.717, 1.165) is 22.8 Å². The van der Waals surface area contributed by atoms with Gasteiger partial charge in [0, 0.05) is 40.2 Å². The molecule has 0 bridgehead atoms. The number of fused-ring (bicyclic) bond motifs is 1. The van der Waals surface area contributed by atoms with Gasteiger partial charge in [0.05, 0.1) is 4.21 Å². The van der Waals surface area contributed by atoms with Crippen molar-refractivity contribution >= 4 is 35.0 Å². The van der Waals surface area contributed by atoms with E-state index >= 15 is 0 Å². The second-order valence-electron chi connectivity index (χ2n) is 5.15. The predicted molar refractivity (Wildman–Crippen MR) is 93.6 cm³/mol. The monoisotopic (exact) mass is 317 g/mol. The van der Waals surface area contributed by atoms with Crippen LogP contribution < -0.4 is 5.32 Å². The number of nitrogens with zero attached hydrogens (tertiary/aromatic N) is 1. The average molecular weight is 317 g/mol. The smallest absolute Gasteiger partial charge is 0.138 e. The van der Waals surface area contributed by atoms with Gasteiger partial charge in [-0.25, -0.2) is 4.98 Å². The summed E-state index contributed by atoms with van der Waals surface area (Å²) >= 11 is 6.12. The fraction of sp³-hybridized carbons (Fsp3) is 0.312. The van der Waals surface area contributed by atoms with Crippen molar-refractivity contribution in [3.05, 3.63) is 36.2 Å². The van der Waals surface area contributed by atoms with Gasteiger partial charge in [0.1, 0.15) is 5.65 Å². The zero-order valence-corrected chi connectivity index (χ0v) is 13.9. The van der Waals surface area contributed by atoms with Crippen molar-refractivity contribution in [2.75, 3.05) is 13.6 Å². The summed E-state index contributed by atoms with van der Waals surface area (Å²) in [7, 11) is 1.99. The van der Waals surface area contributed by atoms with Gasteiger partial charge in [0.2, 0.25) is 0 Å². The molecule has 0 aliphatic carbocycles. The van der Waals surface area contributed by atoms with E-state index in [1.165, 1.54) is 21.5 Å². The highest BCUT2D eigenvalue weighted by Gasteiger charge is 2.15. The standard InChI is InChI=1S/C16H19N3S2/c1-3-10(9-17-2)13-8-12-11(6-7-18-16(12)19-13)14-4-5-15(20)21-14/h4-8,10,17,20H,3,9H2,1-2H3,(H,18,19). The molecule has 0 spiro atoms. The molecule has 3 aromatic heterocycles. The summed E-state index contributed by atoms with van der Waals surface area (Å²) < 4.78 is 1.03. The Balaban J connectivity index is 2.09. The third kappa shape index (κ3) is 2.86. The molecule has 0 aromatic carbocycles. The molecule has 3 aromatic rings. The molecule has 3 heterocycles. The number of aromatic nitrogens is 2. The number of aromatic amines is 1. The molecule has 0 amide bonds. The van der Waals surface area contributed by atoms with Crippen LogP contribution in [0.4, 0.5) is 0 Å². The summed E-state index contributed by atoms with van der Waals surface area (Å²) in [4.78, 5) is 9.20. The Morgan fingerprint density at radius 2 is 2.24 bits per heavy atom. The van der Waals surface area contributed by atoms with Gasteiger partial charge < -0.3 is 10.3 Å². The maximum Gasteiger partial charge on any atom is 0.138 e. The van der Waals surface area contributed by atoms with Crippen molar-refractivity contribution in [3.8, 4) is 10.4 Å². The van der Waals surface area contributed by atoms with Crippen LogP contribution in [0.3, 0.4) is 0 Å². The number of rotatable bonds is 5. The highest BCUT2D eigenvalue weighted by molar-refractivity contribution is 7.83. The van der Waals surface area contributed by atoms with E-state index in [1.807, 2.05) is 19.3 Å². The molecule has 0 radical (unpaired) electrons. The Bertz CT molecular complexity index is 745. The minimum atomic E-state index is 0.487.